The summed E-state index contributed by atoms with van der Waals surface area (Å²) in [6.07, 6.45) is 3.76. The van der Waals surface area contributed by atoms with Gasteiger partial charge in [0.1, 0.15) is 0 Å². The molecule has 4 aromatic rings. The van der Waals surface area contributed by atoms with Crippen molar-refractivity contribution in [2.45, 2.75) is 33.4 Å². The Morgan fingerprint density at radius 2 is 2.00 bits per heavy atom. The molecule has 1 N–H and O–H groups in total. The van der Waals surface area contributed by atoms with Crippen LogP contribution in [-0.4, -0.2) is 57.3 Å². The molecule has 0 saturated carbocycles. The summed E-state index contributed by atoms with van der Waals surface area (Å²) in [5.74, 6) is 0.588. The molecule has 4 heterocycles. The lowest BCUT2D eigenvalue weighted by molar-refractivity contribution is 0.225. The molecule has 0 saturated heterocycles. The molecule has 1 atom stereocenters. The highest BCUT2D eigenvalue weighted by Gasteiger charge is 2.14. The summed E-state index contributed by atoms with van der Waals surface area (Å²) in [5, 5.41) is 10.1. The highest BCUT2D eigenvalue weighted by atomic mass is 32.1. The Labute approximate surface area is 193 Å². The van der Waals surface area contributed by atoms with Gasteiger partial charge in [-0.1, -0.05) is 19.9 Å². The van der Waals surface area contributed by atoms with Crippen LogP contribution >= 0.6 is 11.3 Å². The zero-order chi connectivity index (χ0) is 22.5. The van der Waals surface area contributed by atoms with E-state index in [-0.39, 0.29) is 0 Å². The molecule has 4 aromatic heterocycles. The van der Waals surface area contributed by atoms with Gasteiger partial charge in [-0.25, -0.2) is 14.5 Å². The van der Waals surface area contributed by atoms with Gasteiger partial charge in [-0.05, 0) is 49.2 Å². The minimum absolute atomic E-state index is 0.479. The van der Waals surface area contributed by atoms with Crippen molar-refractivity contribution in [2.24, 2.45) is 0 Å². The van der Waals surface area contributed by atoms with Gasteiger partial charge >= 0.3 is 0 Å². The van der Waals surface area contributed by atoms with Crippen molar-refractivity contribution in [1.82, 2.24) is 29.8 Å². The summed E-state index contributed by atoms with van der Waals surface area (Å²) >= 11 is 1.67. The van der Waals surface area contributed by atoms with Gasteiger partial charge in [-0.3, -0.25) is 4.90 Å². The molecule has 168 valence electrons. The van der Waals surface area contributed by atoms with E-state index >= 15 is 0 Å². The molecular weight excluding hydrogens is 420 g/mol. The Morgan fingerprint density at radius 1 is 1.16 bits per heavy atom. The summed E-state index contributed by atoms with van der Waals surface area (Å²) < 4.78 is 7.28. The van der Waals surface area contributed by atoms with Crippen LogP contribution in [-0.2, 0) is 6.54 Å². The third-order valence-electron chi connectivity index (χ3n) is 5.69. The second-order valence-electron chi connectivity index (χ2n) is 7.72. The molecule has 0 aliphatic rings. The van der Waals surface area contributed by atoms with E-state index in [2.05, 4.69) is 58.6 Å². The van der Waals surface area contributed by atoms with Gasteiger partial charge in [0.05, 0.1) is 35.1 Å². The monoisotopic (exact) mass is 450 g/mol. The van der Waals surface area contributed by atoms with Gasteiger partial charge in [0.2, 0.25) is 5.88 Å². The van der Waals surface area contributed by atoms with E-state index in [1.54, 1.807) is 23.0 Å². The number of methoxy groups -OCH3 is 1. The topological polar surface area (TPSA) is 67.6 Å². The predicted molar refractivity (Wildman–Crippen MR) is 130 cm³/mol. The lowest BCUT2D eigenvalue weighted by Gasteiger charge is -2.26. The second kappa shape index (κ2) is 10.2. The maximum absolute atomic E-state index is 5.50. The summed E-state index contributed by atoms with van der Waals surface area (Å²) in [7, 11) is 1.65. The number of rotatable bonds is 10. The molecule has 0 aromatic carbocycles. The molecule has 4 rings (SSSR count). The van der Waals surface area contributed by atoms with E-state index in [9.17, 15) is 0 Å². The van der Waals surface area contributed by atoms with Crippen molar-refractivity contribution in [1.29, 1.82) is 0 Å². The normalized spacial score (nSPS) is 12.5. The Hall–Kier alpha value is -2.81. The lowest BCUT2D eigenvalue weighted by atomic mass is 10.1. The van der Waals surface area contributed by atoms with Gasteiger partial charge in [-0.15, -0.1) is 11.3 Å². The molecule has 7 nitrogen and oxygen atoms in total. The Kier molecular flexibility index (Phi) is 7.14. The lowest BCUT2D eigenvalue weighted by Crippen LogP contribution is -2.39. The van der Waals surface area contributed by atoms with Crippen LogP contribution in [0.3, 0.4) is 0 Å². The van der Waals surface area contributed by atoms with Crippen LogP contribution in [0.1, 0.15) is 26.3 Å². The SMILES string of the molecule is CCN(CC)[C@@H](C)CNCc1cc(OC)nc(-c2cnn3ccc(-c4cccs4)nc23)c1. The van der Waals surface area contributed by atoms with Crippen LogP contribution in [0.4, 0.5) is 0 Å². The second-order valence-corrected chi connectivity index (χ2v) is 8.67. The summed E-state index contributed by atoms with van der Waals surface area (Å²) in [6.45, 7) is 10.4. The molecule has 0 spiro atoms. The highest BCUT2D eigenvalue weighted by Crippen LogP contribution is 2.28. The molecule has 0 unspecified atom stereocenters. The first-order chi connectivity index (χ1) is 15.6. The van der Waals surface area contributed by atoms with Gasteiger partial charge in [0.25, 0.3) is 0 Å². The average molecular weight is 451 g/mol. The van der Waals surface area contributed by atoms with Crippen LogP contribution in [0.5, 0.6) is 5.88 Å². The van der Waals surface area contributed by atoms with Crippen LogP contribution in [0.2, 0.25) is 0 Å². The van der Waals surface area contributed by atoms with Crippen LogP contribution in [0, 0.1) is 0 Å². The third-order valence-corrected chi connectivity index (χ3v) is 6.59. The largest absolute Gasteiger partial charge is 0.481 e. The maximum Gasteiger partial charge on any atom is 0.213 e. The van der Waals surface area contributed by atoms with Crippen molar-refractivity contribution >= 4 is 17.0 Å². The number of thiophene rings is 1. The minimum Gasteiger partial charge on any atom is -0.481 e. The smallest absolute Gasteiger partial charge is 0.213 e. The number of pyridine rings is 1. The molecule has 0 bridgehead atoms. The van der Waals surface area contributed by atoms with E-state index < -0.39 is 0 Å². The van der Waals surface area contributed by atoms with Crippen molar-refractivity contribution in [2.75, 3.05) is 26.7 Å². The van der Waals surface area contributed by atoms with Crippen molar-refractivity contribution in [3.63, 3.8) is 0 Å². The fourth-order valence-electron chi connectivity index (χ4n) is 3.92. The fourth-order valence-corrected chi connectivity index (χ4v) is 4.61. The number of likely N-dealkylation sites (N-methyl/N-ethyl adjacent to an activating group) is 1. The first-order valence-electron chi connectivity index (χ1n) is 11.0. The Balaban J connectivity index is 1.60. The number of hydrogen-bond acceptors (Lipinski definition) is 7. The van der Waals surface area contributed by atoms with Crippen molar-refractivity contribution in [3.05, 3.63) is 53.7 Å². The fraction of sp³-hybridized carbons (Fsp3) is 0.375. The number of nitrogens with one attached hydrogen (secondary N) is 1. The number of aromatic nitrogens is 4. The molecule has 0 aliphatic heterocycles. The van der Waals surface area contributed by atoms with Gasteiger partial charge < -0.3 is 10.1 Å². The number of hydrogen-bond donors (Lipinski definition) is 1. The predicted octanol–water partition coefficient (Wildman–Crippen LogP) is 4.35. The van der Waals surface area contributed by atoms with E-state index in [1.165, 1.54) is 0 Å². The molecule has 0 aliphatic carbocycles. The summed E-state index contributed by atoms with van der Waals surface area (Å²) in [6, 6.07) is 10.6. The Morgan fingerprint density at radius 3 is 2.72 bits per heavy atom. The summed E-state index contributed by atoms with van der Waals surface area (Å²) in [5.41, 5.74) is 4.53. The molecule has 0 fully saturated rings. The zero-order valence-corrected chi connectivity index (χ0v) is 19.9. The molecule has 32 heavy (non-hydrogen) atoms. The van der Waals surface area contributed by atoms with E-state index in [4.69, 9.17) is 9.72 Å². The number of nitrogens with zero attached hydrogens (tertiary/aromatic N) is 5. The number of ether oxygens (including phenoxy) is 1. The average Bonchev–Trinajstić information content (AvgIpc) is 3.49. The maximum atomic E-state index is 5.50. The first-order valence-corrected chi connectivity index (χ1v) is 11.9. The van der Waals surface area contributed by atoms with Crippen molar-refractivity contribution < 1.29 is 4.74 Å². The summed E-state index contributed by atoms with van der Waals surface area (Å²) in [4.78, 5) is 13.1. The quantitative estimate of drug-likeness (QED) is 0.387. The first kappa shape index (κ1) is 22.4. The minimum atomic E-state index is 0.479. The van der Waals surface area contributed by atoms with E-state index in [0.29, 0.717) is 11.9 Å². The van der Waals surface area contributed by atoms with Gasteiger partial charge in [0.15, 0.2) is 5.65 Å². The zero-order valence-electron chi connectivity index (χ0n) is 19.1. The van der Waals surface area contributed by atoms with E-state index in [1.807, 2.05) is 30.6 Å². The molecular formula is C24H30N6OS. The van der Waals surface area contributed by atoms with Gasteiger partial charge in [0, 0.05) is 31.4 Å². The van der Waals surface area contributed by atoms with Crippen LogP contribution < -0.4 is 10.1 Å². The van der Waals surface area contributed by atoms with Crippen LogP contribution in [0.15, 0.2) is 48.1 Å². The molecule has 0 amide bonds. The molecule has 8 heteroatoms. The third kappa shape index (κ3) is 4.82. The molecule has 0 radical (unpaired) electrons. The van der Waals surface area contributed by atoms with Gasteiger partial charge in [-0.2, -0.15) is 5.10 Å². The van der Waals surface area contributed by atoms with Crippen LogP contribution in [0.25, 0.3) is 27.5 Å². The standard InChI is InChI=1S/C24H30N6OS/c1-5-29(6-2)17(3)14-25-15-18-12-21(27-23(13-18)31-4)19-16-26-30-10-9-20(28-24(19)30)22-8-7-11-32-22/h7-13,16-17,25H,5-6,14-15H2,1-4H3/t17-/m0/s1. The highest BCUT2D eigenvalue weighted by molar-refractivity contribution is 7.13. The van der Waals surface area contributed by atoms with E-state index in [0.717, 1.165) is 59.2 Å². The Bertz CT molecular complexity index is 1150. The van der Waals surface area contributed by atoms with Crippen molar-refractivity contribution in [3.8, 4) is 27.7 Å². The number of fused-ring (bicyclic) bond motifs is 1.